The van der Waals surface area contributed by atoms with Gasteiger partial charge in [-0.05, 0) is 6.42 Å². The molecule has 0 amide bonds. The van der Waals surface area contributed by atoms with E-state index in [4.69, 9.17) is 10.2 Å². The molecule has 0 saturated carbocycles. The Bertz CT molecular complexity index is 73.4. The number of aliphatic hydroxyl groups is 2. The van der Waals surface area contributed by atoms with E-state index in [1.54, 1.807) is 0 Å². The Morgan fingerprint density at radius 3 is 1.90 bits per heavy atom. The summed E-state index contributed by atoms with van der Waals surface area (Å²) < 4.78 is 0. The van der Waals surface area contributed by atoms with Crippen LogP contribution in [-0.4, -0.2) is 29.2 Å². The first-order valence-electron chi connectivity index (χ1n) is 3.57. The third-order valence-electron chi connectivity index (χ3n) is 1.79. The SMILES string of the molecule is CCCC(CO)(CO)CS. The molecule has 0 fully saturated rings. The fourth-order valence-electron chi connectivity index (χ4n) is 0.918. The van der Waals surface area contributed by atoms with Gasteiger partial charge in [0, 0.05) is 11.2 Å². The fraction of sp³-hybridized carbons (Fsp3) is 1.00. The molecule has 0 aromatic heterocycles. The molecule has 0 aliphatic rings. The van der Waals surface area contributed by atoms with Gasteiger partial charge in [0.05, 0.1) is 13.2 Å². The molecule has 0 saturated heterocycles. The summed E-state index contributed by atoms with van der Waals surface area (Å²) in [7, 11) is 0. The van der Waals surface area contributed by atoms with Crippen molar-refractivity contribution < 1.29 is 10.2 Å². The Hall–Kier alpha value is 0.270. The van der Waals surface area contributed by atoms with Gasteiger partial charge < -0.3 is 10.2 Å². The van der Waals surface area contributed by atoms with E-state index in [9.17, 15) is 0 Å². The molecule has 0 aliphatic heterocycles. The molecule has 2 N–H and O–H groups in total. The summed E-state index contributed by atoms with van der Waals surface area (Å²) in [6, 6.07) is 0. The molecule has 0 bridgehead atoms. The molecule has 2 nitrogen and oxygen atoms in total. The highest BCUT2D eigenvalue weighted by Gasteiger charge is 2.25. The summed E-state index contributed by atoms with van der Waals surface area (Å²) in [6.45, 7) is 2.09. The topological polar surface area (TPSA) is 40.5 Å². The Kier molecular flexibility index (Phi) is 5.13. The lowest BCUT2D eigenvalue weighted by Crippen LogP contribution is -2.31. The molecule has 10 heavy (non-hydrogen) atoms. The molecule has 0 spiro atoms. The van der Waals surface area contributed by atoms with E-state index in [0.29, 0.717) is 5.75 Å². The van der Waals surface area contributed by atoms with Crippen LogP contribution < -0.4 is 0 Å². The molecular weight excluding hydrogens is 148 g/mol. The van der Waals surface area contributed by atoms with Crippen LogP contribution in [0.5, 0.6) is 0 Å². The highest BCUT2D eigenvalue weighted by molar-refractivity contribution is 7.80. The van der Waals surface area contributed by atoms with Gasteiger partial charge in [-0.1, -0.05) is 13.3 Å². The molecule has 0 radical (unpaired) electrons. The van der Waals surface area contributed by atoms with Gasteiger partial charge in [-0.3, -0.25) is 0 Å². The molecule has 0 unspecified atom stereocenters. The van der Waals surface area contributed by atoms with Crippen molar-refractivity contribution in [1.82, 2.24) is 0 Å². The van der Waals surface area contributed by atoms with Crippen LogP contribution in [0.4, 0.5) is 0 Å². The Balaban J connectivity index is 3.87. The van der Waals surface area contributed by atoms with Crippen LogP contribution >= 0.6 is 12.6 Å². The molecule has 0 atom stereocenters. The summed E-state index contributed by atoms with van der Waals surface area (Å²) in [4.78, 5) is 0. The van der Waals surface area contributed by atoms with E-state index >= 15 is 0 Å². The van der Waals surface area contributed by atoms with Crippen LogP contribution in [0.15, 0.2) is 0 Å². The van der Waals surface area contributed by atoms with Crippen molar-refractivity contribution in [2.75, 3.05) is 19.0 Å². The molecule has 62 valence electrons. The summed E-state index contributed by atoms with van der Waals surface area (Å²) >= 11 is 4.08. The van der Waals surface area contributed by atoms with Crippen molar-refractivity contribution in [3.63, 3.8) is 0 Å². The quantitative estimate of drug-likeness (QED) is 0.523. The van der Waals surface area contributed by atoms with Gasteiger partial charge in [0.25, 0.3) is 0 Å². The van der Waals surface area contributed by atoms with Gasteiger partial charge >= 0.3 is 0 Å². The van der Waals surface area contributed by atoms with Crippen molar-refractivity contribution in [2.45, 2.75) is 19.8 Å². The minimum absolute atomic E-state index is 0.0286. The van der Waals surface area contributed by atoms with Crippen LogP contribution in [0.25, 0.3) is 0 Å². The second kappa shape index (κ2) is 4.99. The van der Waals surface area contributed by atoms with Crippen LogP contribution in [0.2, 0.25) is 0 Å². The van der Waals surface area contributed by atoms with Crippen molar-refractivity contribution in [3.8, 4) is 0 Å². The number of rotatable bonds is 5. The lowest BCUT2D eigenvalue weighted by Gasteiger charge is -2.26. The first-order valence-corrected chi connectivity index (χ1v) is 4.20. The lowest BCUT2D eigenvalue weighted by atomic mass is 9.87. The summed E-state index contributed by atoms with van der Waals surface area (Å²) in [5, 5.41) is 17.8. The van der Waals surface area contributed by atoms with Gasteiger partial charge in [0.1, 0.15) is 0 Å². The Labute approximate surface area is 67.7 Å². The van der Waals surface area contributed by atoms with Gasteiger partial charge in [0.2, 0.25) is 0 Å². The number of thiol groups is 1. The van der Waals surface area contributed by atoms with E-state index < -0.39 is 0 Å². The predicted molar refractivity (Wildman–Crippen MR) is 45.4 cm³/mol. The lowest BCUT2D eigenvalue weighted by molar-refractivity contribution is 0.0665. The largest absolute Gasteiger partial charge is 0.396 e. The van der Waals surface area contributed by atoms with E-state index in [2.05, 4.69) is 12.6 Å². The predicted octanol–water partition coefficient (Wildman–Crippen LogP) is 0.687. The van der Waals surface area contributed by atoms with E-state index in [1.807, 2.05) is 6.92 Å². The number of hydrogen-bond donors (Lipinski definition) is 3. The molecular formula is C7H16O2S. The zero-order chi connectivity index (χ0) is 8.04. The average Bonchev–Trinajstić information content (AvgIpc) is 2.01. The normalized spacial score (nSPS) is 12.0. The van der Waals surface area contributed by atoms with E-state index in [1.165, 1.54) is 0 Å². The smallest absolute Gasteiger partial charge is 0.0517 e. The summed E-state index contributed by atoms with van der Waals surface area (Å²) in [6.07, 6.45) is 1.81. The van der Waals surface area contributed by atoms with Crippen LogP contribution in [0, 0.1) is 5.41 Å². The second-order valence-corrected chi connectivity index (χ2v) is 3.04. The Morgan fingerprint density at radius 1 is 1.30 bits per heavy atom. The number of hydrogen-bond acceptors (Lipinski definition) is 3. The first kappa shape index (κ1) is 10.3. The van der Waals surface area contributed by atoms with Crippen molar-refractivity contribution in [2.24, 2.45) is 5.41 Å². The molecule has 0 aliphatic carbocycles. The van der Waals surface area contributed by atoms with E-state index in [0.717, 1.165) is 12.8 Å². The number of aliphatic hydroxyl groups excluding tert-OH is 2. The fourth-order valence-corrected chi connectivity index (χ4v) is 1.28. The summed E-state index contributed by atoms with van der Waals surface area (Å²) in [5.74, 6) is 0.549. The standard InChI is InChI=1S/C7H16O2S/c1-2-3-7(4-8,5-9)6-10/h8-10H,2-6H2,1H3. The maximum Gasteiger partial charge on any atom is 0.0517 e. The Morgan fingerprint density at radius 2 is 1.80 bits per heavy atom. The minimum Gasteiger partial charge on any atom is -0.396 e. The molecule has 0 heterocycles. The third kappa shape index (κ3) is 2.48. The molecule has 3 heteroatoms. The maximum absolute atomic E-state index is 8.90. The van der Waals surface area contributed by atoms with Gasteiger partial charge in [-0.25, -0.2) is 0 Å². The van der Waals surface area contributed by atoms with Crippen LogP contribution in [0.3, 0.4) is 0 Å². The molecule has 0 aromatic rings. The maximum atomic E-state index is 8.90. The first-order chi connectivity index (χ1) is 4.74. The highest BCUT2D eigenvalue weighted by atomic mass is 32.1. The molecule has 0 rings (SSSR count). The molecule has 0 aromatic carbocycles. The second-order valence-electron chi connectivity index (χ2n) is 2.72. The minimum atomic E-state index is -0.349. The van der Waals surface area contributed by atoms with Crippen molar-refractivity contribution in [3.05, 3.63) is 0 Å². The average molecular weight is 164 g/mol. The van der Waals surface area contributed by atoms with Gasteiger partial charge in [-0.15, -0.1) is 0 Å². The monoisotopic (exact) mass is 164 g/mol. The van der Waals surface area contributed by atoms with Crippen LogP contribution in [0.1, 0.15) is 19.8 Å². The third-order valence-corrected chi connectivity index (χ3v) is 2.46. The summed E-state index contributed by atoms with van der Waals surface area (Å²) in [5.41, 5.74) is -0.349. The zero-order valence-electron chi connectivity index (χ0n) is 6.38. The van der Waals surface area contributed by atoms with Gasteiger partial charge in [0.15, 0.2) is 0 Å². The van der Waals surface area contributed by atoms with E-state index in [-0.39, 0.29) is 18.6 Å². The highest BCUT2D eigenvalue weighted by Crippen LogP contribution is 2.23. The zero-order valence-corrected chi connectivity index (χ0v) is 7.27. The van der Waals surface area contributed by atoms with Crippen molar-refractivity contribution >= 4 is 12.6 Å². The van der Waals surface area contributed by atoms with Crippen molar-refractivity contribution in [1.29, 1.82) is 0 Å². The van der Waals surface area contributed by atoms with Crippen LogP contribution in [-0.2, 0) is 0 Å². The van der Waals surface area contributed by atoms with Gasteiger partial charge in [-0.2, -0.15) is 12.6 Å².